The number of carbonyl (C=O) groups excluding carboxylic acids is 1. The molecule has 7 nitrogen and oxygen atoms in total. The monoisotopic (exact) mass is 298 g/mol. The van der Waals surface area contributed by atoms with E-state index in [1.165, 1.54) is 4.90 Å². The Bertz CT molecular complexity index is 449. The number of hydrogen-bond donors (Lipinski definition) is 1. The quantitative estimate of drug-likeness (QED) is 0.781. The summed E-state index contributed by atoms with van der Waals surface area (Å²) >= 11 is 0. The van der Waals surface area contributed by atoms with Gasteiger partial charge in [-0.3, -0.25) is 4.79 Å². The summed E-state index contributed by atoms with van der Waals surface area (Å²) in [7, 11) is 1.68. The zero-order valence-electron chi connectivity index (χ0n) is 13.5. The fourth-order valence-corrected chi connectivity index (χ4v) is 1.85. The van der Waals surface area contributed by atoms with Crippen LogP contribution in [0.3, 0.4) is 0 Å². The average molecular weight is 298 g/mol. The minimum atomic E-state index is -0.509. The number of ether oxygens (including phenoxy) is 1. The SMILES string of the molecule is CCOC(C)c1noc(CN(C)C(=O)C(N)C(C)CC)n1. The van der Waals surface area contributed by atoms with Crippen LogP contribution in [0, 0.1) is 5.92 Å². The summed E-state index contributed by atoms with van der Waals surface area (Å²) in [5.74, 6) is 0.876. The molecular weight excluding hydrogens is 272 g/mol. The third-order valence-electron chi connectivity index (χ3n) is 3.55. The molecule has 0 aromatic carbocycles. The van der Waals surface area contributed by atoms with Crippen molar-refractivity contribution in [2.45, 2.75) is 52.8 Å². The van der Waals surface area contributed by atoms with Crippen LogP contribution in [0.2, 0.25) is 0 Å². The fraction of sp³-hybridized carbons (Fsp3) is 0.786. The van der Waals surface area contributed by atoms with Crippen molar-refractivity contribution in [3.05, 3.63) is 11.7 Å². The topological polar surface area (TPSA) is 94.5 Å². The fourth-order valence-electron chi connectivity index (χ4n) is 1.85. The van der Waals surface area contributed by atoms with Gasteiger partial charge >= 0.3 is 0 Å². The normalized spacial score (nSPS) is 15.5. The van der Waals surface area contributed by atoms with Crippen LogP contribution in [0.25, 0.3) is 0 Å². The Morgan fingerprint density at radius 1 is 1.43 bits per heavy atom. The molecule has 7 heteroatoms. The minimum absolute atomic E-state index is 0.123. The summed E-state index contributed by atoms with van der Waals surface area (Å²) in [6.45, 7) is 8.55. The molecule has 21 heavy (non-hydrogen) atoms. The lowest BCUT2D eigenvalue weighted by molar-refractivity contribution is -0.133. The largest absolute Gasteiger partial charge is 0.371 e. The summed E-state index contributed by atoms with van der Waals surface area (Å²) in [5, 5.41) is 3.86. The molecule has 3 atom stereocenters. The van der Waals surface area contributed by atoms with E-state index >= 15 is 0 Å². The molecule has 1 heterocycles. The second-order valence-corrected chi connectivity index (χ2v) is 5.25. The molecule has 0 aliphatic heterocycles. The maximum Gasteiger partial charge on any atom is 0.246 e. The zero-order chi connectivity index (χ0) is 16.0. The number of carbonyl (C=O) groups is 1. The molecule has 0 aliphatic carbocycles. The van der Waals surface area contributed by atoms with Crippen molar-refractivity contribution in [1.82, 2.24) is 15.0 Å². The molecule has 2 N–H and O–H groups in total. The molecule has 0 saturated heterocycles. The highest BCUT2D eigenvalue weighted by Crippen LogP contribution is 2.14. The number of nitrogens with zero attached hydrogens (tertiary/aromatic N) is 3. The first-order valence-corrected chi connectivity index (χ1v) is 7.35. The van der Waals surface area contributed by atoms with Gasteiger partial charge in [-0.25, -0.2) is 0 Å². The molecule has 1 aromatic rings. The summed E-state index contributed by atoms with van der Waals surface area (Å²) in [4.78, 5) is 17.9. The molecular formula is C14H26N4O3. The third-order valence-corrected chi connectivity index (χ3v) is 3.55. The van der Waals surface area contributed by atoms with Gasteiger partial charge in [0, 0.05) is 13.7 Å². The molecule has 0 bridgehead atoms. The van der Waals surface area contributed by atoms with E-state index in [1.807, 2.05) is 27.7 Å². The predicted octanol–water partition coefficient (Wildman–Crippen LogP) is 1.50. The highest BCUT2D eigenvalue weighted by atomic mass is 16.5. The summed E-state index contributed by atoms with van der Waals surface area (Å²) in [6, 6.07) is -0.509. The number of aromatic nitrogens is 2. The predicted molar refractivity (Wildman–Crippen MR) is 78.2 cm³/mol. The van der Waals surface area contributed by atoms with Crippen molar-refractivity contribution in [2.24, 2.45) is 11.7 Å². The van der Waals surface area contributed by atoms with Crippen LogP contribution in [-0.4, -0.2) is 40.6 Å². The van der Waals surface area contributed by atoms with E-state index in [1.54, 1.807) is 7.05 Å². The van der Waals surface area contributed by atoms with Crippen LogP contribution in [0.5, 0.6) is 0 Å². The van der Waals surface area contributed by atoms with Gasteiger partial charge in [-0.05, 0) is 19.8 Å². The summed E-state index contributed by atoms with van der Waals surface area (Å²) in [6.07, 6.45) is 0.632. The van der Waals surface area contributed by atoms with E-state index < -0.39 is 6.04 Å². The van der Waals surface area contributed by atoms with E-state index in [0.717, 1.165) is 6.42 Å². The van der Waals surface area contributed by atoms with Gasteiger partial charge in [0.1, 0.15) is 6.10 Å². The van der Waals surface area contributed by atoms with Crippen LogP contribution in [0.4, 0.5) is 0 Å². The maximum absolute atomic E-state index is 12.2. The molecule has 1 aromatic heterocycles. The van der Waals surface area contributed by atoms with E-state index in [-0.39, 0.29) is 24.5 Å². The lowest BCUT2D eigenvalue weighted by atomic mass is 9.99. The van der Waals surface area contributed by atoms with Gasteiger partial charge in [-0.15, -0.1) is 0 Å². The van der Waals surface area contributed by atoms with E-state index in [0.29, 0.717) is 18.3 Å². The van der Waals surface area contributed by atoms with Crippen molar-refractivity contribution in [2.75, 3.05) is 13.7 Å². The van der Waals surface area contributed by atoms with Gasteiger partial charge in [0.25, 0.3) is 0 Å². The third kappa shape index (κ3) is 4.78. The lowest BCUT2D eigenvalue weighted by Crippen LogP contribution is -2.45. The van der Waals surface area contributed by atoms with Crippen LogP contribution in [0.1, 0.15) is 51.9 Å². The van der Waals surface area contributed by atoms with Crippen molar-refractivity contribution < 1.29 is 14.1 Å². The Balaban J connectivity index is 2.62. The second-order valence-electron chi connectivity index (χ2n) is 5.25. The first kappa shape index (κ1) is 17.6. The van der Waals surface area contributed by atoms with E-state index in [9.17, 15) is 4.79 Å². The van der Waals surface area contributed by atoms with Crippen molar-refractivity contribution in [3.63, 3.8) is 0 Å². The molecule has 1 amide bonds. The minimum Gasteiger partial charge on any atom is -0.371 e. The Morgan fingerprint density at radius 3 is 2.67 bits per heavy atom. The smallest absolute Gasteiger partial charge is 0.246 e. The zero-order valence-corrected chi connectivity index (χ0v) is 13.5. The number of hydrogen-bond acceptors (Lipinski definition) is 6. The van der Waals surface area contributed by atoms with E-state index in [2.05, 4.69) is 10.1 Å². The van der Waals surface area contributed by atoms with Gasteiger partial charge in [0.2, 0.25) is 11.8 Å². The Kier molecular flexibility index (Phi) is 6.77. The van der Waals surface area contributed by atoms with Crippen LogP contribution < -0.4 is 5.73 Å². The Hall–Kier alpha value is -1.47. The second kappa shape index (κ2) is 8.09. The van der Waals surface area contributed by atoms with Crippen molar-refractivity contribution >= 4 is 5.91 Å². The molecule has 1 rings (SSSR count). The molecule has 0 radical (unpaired) electrons. The van der Waals surface area contributed by atoms with Gasteiger partial charge in [0.05, 0.1) is 12.6 Å². The maximum atomic E-state index is 12.2. The standard InChI is InChI=1S/C14H26N4O3/c1-6-9(3)12(15)14(19)18(5)8-11-16-13(17-21-11)10(4)20-7-2/h9-10,12H,6-8,15H2,1-5H3. The van der Waals surface area contributed by atoms with Gasteiger partial charge < -0.3 is 19.9 Å². The molecule has 0 aliphatic rings. The number of rotatable bonds is 8. The first-order chi connectivity index (χ1) is 9.90. The molecule has 120 valence electrons. The van der Waals surface area contributed by atoms with Crippen molar-refractivity contribution in [1.29, 1.82) is 0 Å². The molecule has 0 spiro atoms. The highest BCUT2D eigenvalue weighted by Gasteiger charge is 2.24. The van der Waals surface area contributed by atoms with Gasteiger partial charge in [-0.1, -0.05) is 25.4 Å². The summed E-state index contributed by atoms with van der Waals surface area (Å²) < 4.78 is 10.5. The molecule has 3 unspecified atom stereocenters. The number of amides is 1. The molecule has 0 saturated carbocycles. The van der Waals surface area contributed by atoms with Gasteiger partial charge in [0.15, 0.2) is 5.82 Å². The Labute approximate surface area is 125 Å². The number of likely N-dealkylation sites (N-methyl/N-ethyl adjacent to an activating group) is 1. The first-order valence-electron chi connectivity index (χ1n) is 7.35. The average Bonchev–Trinajstić information content (AvgIpc) is 2.93. The highest BCUT2D eigenvalue weighted by molar-refractivity contribution is 5.81. The van der Waals surface area contributed by atoms with E-state index in [4.69, 9.17) is 15.0 Å². The van der Waals surface area contributed by atoms with Crippen LogP contribution in [-0.2, 0) is 16.1 Å². The Morgan fingerprint density at radius 2 is 2.10 bits per heavy atom. The number of nitrogens with two attached hydrogens (primary N) is 1. The van der Waals surface area contributed by atoms with Crippen molar-refractivity contribution in [3.8, 4) is 0 Å². The molecule has 0 fully saturated rings. The van der Waals surface area contributed by atoms with Crippen LogP contribution in [0.15, 0.2) is 4.52 Å². The lowest BCUT2D eigenvalue weighted by Gasteiger charge is -2.23. The van der Waals surface area contributed by atoms with Crippen LogP contribution >= 0.6 is 0 Å². The summed E-state index contributed by atoms with van der Waals surface area (Å²) in [5.41, 5.74) is 5.94. The van der Waals surface area contributed by atoms with Gasteiger partial charge in [-0.2, -0.15) is 4.98 Å².